The van der Waals surface area contributed by atoms with Crippen LogP contribution < -0.4 is 10.4 Å². The van der Waals surface area contributed by atoms with E-state index >= 15 is 0 Å². The van der Waals surface area contributed by atoms with Crippen molar-refractivity contribution in [3.8, 4) is 5.75 Å². The van der Waals surface area contributed by atoms with Gasteiger partial charge in [-0.3, -0.25) is 0 Å². The van der Waals surface area contributed by atoms with E-state index in [1.807, 2.05) is 6.07 Å². The summed E-state index contributed by atoms with van der Waals surface area (Å²) in [5.41, 5.74) is 0.479. The first-order valence-corrected chi connectivity index (χ1v) is 4.80. The molecule has 4 heteroatoms. The lowest BCUT2D eigenvalue weighted by atomic mass is 10.1. The first-order valence-electron chi connectivity index (χ1n) is 4.80. The molecule has 0 fully saturated rings. The van der Waals surface area contributed by atoms with Gasteiger partial charge in [-0.15, -0.1) is 0 Å². The molecule has 0 bridgehead atoms. The van der Waals surface area contributed by atoms with E-state index in [0.29, 0.717) is 11.1 Å². The molecule has 0 amide bonds. The van der Waals surface area contributed by atoms with Gasteiger partial charge < -0.3 is 13.9 Å². The number of ether oxygens (including phenoxy) is 1. The van der Waals surface area contributed by atoms with Crippen LogP contribution in [0.3, 0.4) is 0 Å². The molecule has 2 aromatic rings. The van der Waals surface area contributed by atoms with Gasteiger partial charge in [-0.25, -0.2) is 4.79 Å². The Morgan fingerprint density at radius 3 is 2.81 bits per heavy atom. The van der Waals surface area contributed by atoms with Gasteiger partial charge in [0.2, 0.25) is 5.75 Å². The summed E-state index contributed by atoms with van der Waals surface area (Å²) in [6.45, 7) is 0. The third-order valence-electron chi connectivity index (χ3n) is 2.37. The van der Waals surface area contributed by atoms with Gasteiger partial charge in [-0.1, -0.05) is 18.2 Å². The van der Waals surface area contributed by atoms with Crippen molar-refractivity contribution in [2.24, 2.45) is 0 Å². The molecule has 82 valence electrons. The zero-order valence-corrected chi connectivity index (χ0v) is 8.73. The number of carbonyl (C=O) groups is 1. The maximum Gasteiger partial charge on any atom is 0.379 e. The fourth-order valence-electron chi connectivity index (χ4n) is 1.69. The minimum absolute atomic E-state index is 0.103. The van der Waals surface area contributed by atoms with Crippen molar-refractivity contribution in [3.63, 3.8) is 0 Å². The Kier molecular flexibility index (Phi) is 2.72. The standard InChI is InChI=1S/C12H10O4/c1-15-11-9(6-7-13)8-4-2-3-5-10(8)16-12(11)14/h2-5,7H,6H2,1H3. The molecule has 0 aliphatic carbocycles. The molecule has 0 saturated carbocycles. The van der Waals surface area contributed by atoms with E-state index in [9.17, 15) is 9.59 Å². The van der Waals surface area contributed by atoms with Crippen molar-refractivity contribution >= 4 is 17.3 Å². The predicted molar refractivity (Wildman–Crippen MR) is 58.8 cm³/mol. The van der Waals surface area contributed by atoms with Crippen LogP contribution in [0.1, 0.15) is 5.56 Å². The number of methoxy groups -OCH3 is 1. The number of benzene rings is 1. The zero-order chi connectivity index (χ0) is 11.5. The summed E-state index contributed by atoms with van der Waals surface area (Å²) in [5, 5.41) is 0.728. The van der Waals surface area contributed by atoms with Gasteiger partial charge in [0.25, 0.3) is 0 Å². The van der Waals surface area contributed by atoms with Crippen LogP contribution in [-0.4, -0.2) is 13.4 Å². The second-order valence-electron chi connectivity index (χ2n) is 3.27. The van der Waals surface area contributed by atoms with E-state index in [4.69, 9.17) is 9.15 Å². The van der Waals surface area contributed by atoms with Crippen molar-refractivity contribution in [1.29, 1.82) is 0 Å². The van der Waals surface area contributed by atoms with E-state index in [-0.39, 0.29) is 12.2 Å². The van der Waals surface area contributed by atoms with Gasteiger partial charge in [0, 0.05) is 17.4 Å². The Hall–Kier alpha value is -2.10. The second kappa shape index (κ2) is 4.18. The van der Waals surface area contributed by atoms with E-state index in [0.717, 1.165) is 11.7 Å². The second-order valence-corrected chi connectivity index (χ2v) is 3.27. The van der Waals surface area contributed by atoms with Crippen LogP contribution in [0.4, 0.5) is 0 Å². The Balaban J connectivity index is 2.86. The number of fused-ring (bicyclic) bond motifs is 1. The van der Waals surface area contributed by atoms with Crippen molar-refractivity contribution in [2.75, 3.05) is 7.11 Å². The van der Waals surface area contributed by atoms with Crippen molar-refractivity contribution in [2.45, 2.75) is 6.42 Å². The molecule has 0 N–H and O–H groups in total. The first kappa shape index (κ1) is 10.4. The summed E-state index contributed by atoms with van der Waals surface area (Å²) < 4.78 is 10.0. The van der Waals surface area contributed by atoms with Gasteiger partial charge in [-0.2, -0.15) is 0 Å². The molecule has 1 aromatic heterocycles. The highest BCUT2D eigenvalue weighted by Gasteiger charge is 2.13. The third kappa shape index (κ3) is 1.58. The van der Waals surface area contributed by atoms with E-state index in [2.05, 4.69) is 0 Å². The molecule has 0 radical (unpaired) electrons. The van der Waals surface area contributed by atoms with E-state index in [1.165, 1.54) is 7.11 Å². The minimum atomic E-state index is -0.557. The Morgan fingerprint density at radius 2 is 2.12 bits per heavy atom. The zero-order valence-electron chi connectivity index (χ0n) is 8.73. The van der Waals surface area contributed by atoms with Crippen LogP contribution in [0.25, 0.3) is 11.0 Å². The molecular formula is C12H10O4. The quantitative estimate of drug-likeness (QED) is 0.579. The summed E-state index contributed by atoms with van der Waals surface area (Å²) in [7, 11) is 1.38. The molecule has 16 heavy (non-hydrogen) atoms. The highest BCUT2D eigenvalue weighted by atomic mass is 16.5. The lowest BCUT2D eigenvalue weighted by Gasteiger charge is -2.07. The fourth-order valence-corrected chi connectivity index (χ4v) is 1.69. The first-order chi connectivity index (χ1) is 7.77. The number of rotatable bonds is 3. The smallest absolute Gasteiger partial charge is 0.379 e. The Morgan fingerprint density at radius 1 is 1.38 bits per heavy atom. The molecule has 2 rings (SSSR count). The lowest BCUT2D eigenvalue weighted by molar-refractivity contribution is -0.107. The minimum Gasteiger partial charge on any atom is -0.490 e. The van der Waals surface area contributed by atoms with Gasteiger partial charge >= 0.3 is 5.63 Å². The van der Waals surface area contributed by atoms with Crippen LogP contribution in [0.2, 0.25) is 0 Å². The van der Waals surface area contributed by atoms with Crippen molar-refractivity contribution < 1.29 is 13.9 Å². The molecule has 0 unspecified atom stereocenters. The summed E-state index contributed by atoms with van der Waals surface area (Å²) >= 11 is 0. The van der Waals surface area contributed by atoms with Crippen LogP contribution >= 0.6 is 0 Å². The Bertz CT molecular complexity index is 583. The number of hydrogen-bond donors (Lipinski definition) is 0. The summed E-state index contributed by atoms with van der Waals surface area (Å²) in [6, 6.07) is 7.06. The van der Waals surface area contributed by atoms with E-state index in [1.54, 1.807) is 18.2 Å². The summed E-state index contributed by atoms with van der Waals surface area (Å²) in [5.74, 6) is 0.103. The predicted octanol–water partition coefficient (Wildman–Crippen LogP) is 1.54. The van der Waals surface area contributed by atoms with Gasteiger partial charge in [0.1, 0.15) is 11.9 Å². The van der Waals surface area contributed by atoms with Gasteiger partial charge in [0.15, 0.2) is 0 Å². The van der Waals surface area contributed by atoms with Crippen LogP contribution in [0, 0.1) is 0 Å². The fraction of sp³-hybridized carbons (Fsp3) is 0.167. The van der Waals surface area contributed by atoms with Gasteiger partial charge in [-0.05, 0) is 6.07 Å². The molecule has 0 aliphatic heterocycles. The third-order valence-corrected chi connectivity index (χ3v) is 2.37. The SMILES string of the molecule is COc1c(CC=O)c2ccccc2oc1=O. The molecule has 1 aromatic carbocycles. The van der Waals surface area contributed by atoms with Crippen LogP contribution in [0.5, 0.6) is 5.75 Å². The van der Waals surface area contributed by atoms with Crippen molar-refractivity contribution in [3.05, 3.63) is 40.2 Å². The molecule has 1 heterocycles. The Labute approximate surface area is 91.4 Å². The highest BCUT2D eigenvalue weighted by molar-refractivity contribution is 5.84. The molecule has 0 spiro atoms. The van der Waals surface area contributed by atoms with Gasteiger partial charge in [0.05, 0.1) is 7.11 Å². The number of carbonyl (C=O) groups excluding carboxylic acids is 1. The average Bonchev–Trinajstić information content (AvgIpc) is 2.29. The topological polar surface area (TPSA) is 56.5 Å². The van der Waals surface area contributed by atoms with Crippen LogP contribution in [0.15, 0.2) is 33.5 Å². The largest absolute Gasteiger partial charge is 0.490 e. The van der Waals surface area contributed by atoms with E-state index < -0.39 is 5.63 Å². The lowest BCUT2D eigenvalue weighted by Crippen LogP contribution is -2.08. The summed E-state index contributed by atoms with van der Waals surface area (Å²) in [4.78, 5) is 22.2. The maximum atomic E-state index is 11.6. The number of hydrogen-bond acceptors (Lipinski definition) is 4. The number of aldehydes is 1. The monoisotopic (exact) mass is 218 g/mol. The normalized spacial score (nSPS) is 10.3. The number of para-hydroxylation sites is 1. The maximum absolute atomic E-state index is 11.6. The molecule has 0 aliphatic rings. The average molecular weight is 218 g/mol. The molecule has 0 saturated heterocycles. The van der Waals surface area contributed by atoms with Crippen LogP contribution in [-0.2, 0) is 11.2 Å². The molecule has 0 atom stereocenters. The highest BCUT2D eigenvalue weighted by Crippen LogP contribution is 2.24. The van der Waals surface area contributed by atoms with Crippen molar-refractivity contribution in [1.82, 2.24) is 0 Å². The summed E-state index contributed by atoms with van der Waals surface area (Å²) in [6.07, 6.45) is 0.874. The molecular weight excluding hydrogens is 208 g/mol. The molecule has 4 nitrogen and oxygen atoms in total.